The first kappa shape index (κ1) is 28.9. The highest BCUT2D eigenvalue weighted by molar-refractivity contribution is 9.10. The SMILES string of the molecule is COc1cc(/C=C2/SC(=Nc3cccc(C(=O)N4CCOCC4)c3)N(C)C2=O)cc(Br)c1OCc1ccc(C)cc1. The second-order valence-electron chi connectivity index (χ2n) is 9.63. The third kappa shape index (κ3) is 6.83. The molecule has 0 bridgehead atoms. The summed E-state index contributed by atoms with van der Waals surface area (Å²) in [5.74, 6) is 0.929. The Morgan fingerprint density at radius 3 is 2.61 bits per heavy atom. The lowest BCUT2D eigenvalue weighted by Crippen LogP contribution is -2.40. The fraction of sp³-hybridized carbons (Fsp3) is 0.258. The number of ether oxygens (including phenoxy) is 3. The second-order valence-corrected chi connectivity index (χ2v) is 11.5. The predicted octanol–water partition coefficient (Wildman–Crippen LogP) is 6.05. The molecule has 3 aromatic carbocycles. The zero-order valence-electron chi connectivity index (χ0n) is 23.1. The summed E-state index contributed by atoms with van der Waals surface area (Å²) in [4.78, 5) is 34.5. The Morgan fingerprint density at radius 1 is 1.12 bits per heavy atom. The van der Waals surface area contributed by atoms with Gasteiger partial charge in [-0.2, -0.15) is 0 Å². The third-order valence-electron chi connectivity index (χ3n) is 6.67. The van der Waals surface area contributed by atoms with Crippen molar-refractivity contribution in [3.05, 3.63) is 92.3 Å². The van der Waals surface area contributed by atoms with Crippen LogP contribution in [0.25, 0.3) is 6.08 Å². The Morgan fingerprint density at radius 2 is 1.88 bits per heavy atom. The number of carbonyl (C=O) groups excluding carboxylic acids is 2. The number of hydrogen-bond donors (Lipinski definition) is 0. The molecule has 41 heavy (non-hydrogen) atoms. The van der Waals surface area contributed by atoms with Crippen LogP contribution in [0.5, 0.6) is 11.5 Å². The van der Waals surface area contributed by atoms with E-state index >= 15 is 0 Å². The summed E-state index contributed by atoms with van der Waals surface area (Å²) in [5, 5.41) is 0.529. The highest BCUT2D eigenvalue weighted by atomic mass is 79.9. The van der Waals surface area contributed by atoms with E-state index < -0.39 is 0 Å². The fourth-order valence-electron chi connectivity index (χ4n) is 4.37. The molecule has 0 saturated carbocycles. The lowest BCUT2D eigenvalue weighted by molar-refractivity contribution is -0.121. The van der Waals surface area contributed by atoms with Crippen molar-refractivity contribution in [2.24, 2.45) is 4.99 Å². The minimum absolute atomic E-state index is 0.0507. The quantitative estimate of drug-likeness (QED) is 0.294. The standard InChI is InChI=1S/C31H30BrN3O5S/c1-20-7-9-21(10-8-20)19-40-28-25(32)15-22(16-26(28)38-3)17-27-30(37)34(2)31(41-27)33-24-6-4-5-23(18-24)29(36)35-11-13-39-14-12-35/h4-10,15-18H,11-14,19H2,1-3H3/b27-17+,33-31?. The highest BCUT2D eigenvalue weighted by Gasteiger charge is 2.30. The Hall–Kier alpha value is -3.60. The minimum atomic E-state index is -0.163. The number of rotatable bonds is 7. The molecule has 2 saturated heterocycles. The van der Waals surface area contributed by atoms with E-state index in [0.29, 0.717) is 65.7 Å². The molecule has 8 nitrogen and oxygen atoms in total. The maximum atomic E-state index is 13.1. The molecule has 2 fully saturated rings. The van der Waals surface area contributed by atoms with Gasteiger partial charge in [-0.1, -0.05) is 35.9 Å². The van der Waals surface area contributed by atoms with E-state index in [1.54, 1.807) is 43.3 Å². The van der Waals surface area contributed by atoms with Gasteiger partial charge in [0.2, 0.25) is 0 Å². The van der Waals surface area contributed by atoms with Crippen molar-refractivity contribution in [3.63, 3.8) is 0 Å². The van der Waals surface area contributed by atoms with Crippen LogP contribution < -0.4 is 9.47 Å². The van der Waals surface area contributed by atoms with E-state index in [2.05, 4.69) is 20.9 Å². The first-order chi connectivity index (χ1) is 19.8. The molecule has 10 heteroatoms. The average molecular weight is 637 g/mol. The van der Waals surface area contributed by atoms with Gasteiger partial charge < -0.3 is 19.1 Å². The Kier molecular flexibility index (Phi) is 9.12. The second kappa shape index (κ2) is 12.9. The van der Waals surface area contributed by atoms with Gasteiger partial charge in [0.25, 0.3) is 11.8 Å². The van der Waals surface area contributed by atoms with Crippen molar-refractivity contribution in [3.8, 4) is 11.5 Å². The van der Waals surface area contributed by atoms with Gasteiger partial charge in [-0.15, -0.1) is 0 Å². The summed E-state index contributed by atoms with van der Waals surface area (Å²) in [7, 11) is 3.28. The first-order valence-corrected chi connectivity index (χ1v) is 14.7. The Bertz CT molecular complexity index is 1520. The van der Waals surface area contributed by atoms with E-state index in [0.717, 1.165) is 15.6 Å². The Labute approximate surface area is 252 Å². The molecular weight excluding hydrogens is 606 g/mol. The predicted molar refractivity (Wildman–Crippen MR) is 165 cm³/mol. The van der Waals surface area contributed by atoms with Gasteiger partial charge >= 0.3 is 0 Å². The van der Waals surface area contributed by atoms with E-state index in [4.69, 9.17) is 14.2 Å². The lowest BCUT2D eigenvalue weighted by atomic mass is 10.1. The van der Waals surface area contributed by atoms with Gasteiger partial charge in [-0.3, -0.25) is 14.5 Å². The van der Waals surface area contributed by atoms with Crippen LogP contribution in [0.3, 0.4) is 0 Å². The van der Waals surface area contributed by atoms with Crippen LogP contribution in [0.15, 0.2) is 75.0 Å². The molecule has 0 N–H and O–H groups in total. The molecule has 2 amide bonds. The third-order valence-corrected chi connectivity index (χ3v) is 8.32. The molecule has 2 aliphatic rings. The molecule has 212 valence electrons. The maximum Gasteiger partial charge on any atom is 0.266 e. The topological polar surface area (TPSA) is 80.7 Å². The normalized spacial score (nSPS) is 17.4. The van der Waals surface area contributed by atoms with Crippen molar-refractivity contribution in [1.29, 1.82) is 0 Å². The molecule has 0 unspecified atom stereocenters. The zero-order valence-corrected chi connectivity index (χ0v) is 25.5. The summed E-state index contributed by atoms with van der Waals surface area (Å²) in [5.41, 5.74) is 4.18. The van der Waals surface area contributed by atoms with Crippen LogP contribution in [-0.4, -0.2) is 67.2 Å². The summed E-state index contributed by atoms with van der Waals surface area (Å²) in [6.45, 7) is 4.66. The van der Waals surface area contributed by atoms with Crippen molar-refractivity contribution in [1.82, 2.24) is 9.80 Å². The molecule has 2 aliphatic heterocycles. The summed E-state index contributed by atoms with van der Waals surface area (Å²) in [6.07, 6.45) is 1.81. The first-order valence-electron chi connectivity index (χ1n) is 13.1. The number of benzene rings is 3. The molecule has 3 aromatic rings. The minimum Gasteiger partial charge on any atom is -0.493 e. The monoisotopic (exact) mass is 635 g/mol. The van der Waals surface area contributed by atoms with Crippen molar-refractivity contribution < 1.29 is 23.8 Å². The highest BCUT2D eigenvalue weighted by Crippen LogP contribution is 2.39. The number of hydrogen-bond acceptors (Lipinski definition) is 7. The van der Waals surface area contributed by atoms with Gasteiger partial charge in [-0.05, 0) is 82.2 Å². The molecule has 0 atom stereocenters. The van der Waals surface area contributed by atoms with Crippen LogP contribution >= 0.6 is 27.7 Å². The van der Waals surface area contributed by atoms with Crippen molar-refractivity contribution >= 4 is 56.4 Å². The molecule has 0 aromatic heterocycles. The molecule has 5 rings (SSSR count). The summed E-state index contributed by atoms with van der Waals surface area (Å²) in [6, 6.07) is 19.1. The Balaban J connectivity index is 1.33. The van der Waals surface area contributed by atoms with Crippen LogP contribution in [0, 0.1) is 6.92 Å². The van der Waals surface area contributed by atoms with Gasteiger partial charge in [0, 0.05) is 25.7 Å². The number of aliphatic imine (C=N–C) groups is 1. The number of amides is 2. The molecule has 0 aliphatic carbocycles. The number of carbonyl (C=O) groups is 2. The van der Waals surface area contributed by atoms with Gasteiger partial charge in [-0.25, -0.2) is 4.99 Å². The van der Waals surface area contributed by atoms with Gasteiger partial charge in [0.15, 0.2) is 16.7 Å². The fourth-order valence-corrected chi connectivity index (χ4v) is 5.93. The molecule has 2 heterocycles. The van der Waals surface area contributed by atoms with E-state index in [-0.39, 0.29) is 11.8 Å². The largest absolute Gasteiger partial charge is 0.493 e. The molecular formula is C31H30BrN3O5S. The van der Waals surface area contributed by atoms with Crippen LogP contribution in [0.1, 0.15) is 27.0 Å². The van der Waals surface area contributed by atoms with Crippen LogP contribution in [0.2, 0.25) is 0 Å². The van der Waals surface area contributed by atoms with E-state index in [9.17, 15) is 9.59 Å². The van der Waals surface area contributed by atoms with Crippen molar-refractivity contribution in [2.75, 3.05) is 40.5 Å². The number of thioether (sulfide) groups is 1. The summed E-state index contributed by atoms with van der Waals surface area (Å²) >= 11 is 4.88. The average Bonchev–Trinajstić information content (AvgIpc) is 3.24. The number of nitrogens with zero attached hydrogens (tertiary/aromatic N) is 3. The number of methoxy groups -OCH3 is 1. The number of morpholine rings is 1. The van der Waals surface area contributed by atoms with E-state index in [1.165, 1.54) is 22.2 Å². The maximum absolute atomic E-state index is 13.1. The van der Waals surface area contributed by atoms with Crippen LogP contribution in [-0.2, 0) is 16.1 Å². The van der Waals surface area contributed by atoms with E-state index in [1.807, 2.05) is 49.4 Å². The molecule has 0 spiro atoms. The number of aryl methyl sites for hydroxylation is 1. The zero-order chi connectivity index (χ0) is 28.9. The lowest BCUT2D eigenvalue weighted by Gasteiger charge is -2.26. The number of halogens is 1. The smallest absolute Gasteiger partial charge is 0.266 e. The molecule has 0 radical (unpaired) electrons. The van der Waals surface area contributed by atoms with Crippen LogP contribution in [0.4, 0.5) is 5.69 Å². The van der Waals surface area contributed by atoms with Gasteiger partial charge in [0.1, 0.15) is 6.61 Å². The van der Waals surface area contributed by atoms with Gasteiger partial charge in [0.05, 0.1) is 35.4 Å². The number of likely N-dealkylation sites (N-methyl/N-ethyl adjacent to an activating group) is 1. The number of amidine groups is 1. The summed E-state index contributed by atoms with van der Waals surface area (Å²) < 4.78 is 17.8. The van der Waals surface area contributed by atoms with Crippen molar-refractivity contribution in [2.45, 2.75) is 13.5 Å².